The molecule has 0 aliphatic carbocycles. The summed E-state index contributed by atoms with van der Waals surface area (Å²) in [5.74, 6) is 1.04. The molecule has 8 heteroatoms. The highest BCUT2D eigenvalue weighted by molar-refractivity contribution is 9.10. The van der Waals surface area contributed by atoms with Crippen LogP contribution in [-0.4, -0.2) is 39.8 Å². The summed E-state index contributed by atoms with van der Waals surface area (Å²) < 4.78 is 6.79. The number of carbonyl (C=O) groups excluding carboxylic acids is 2. The summed E-state index contributed by atoms with van der Waals surface area (Å²) in [6, 6.07) is 16.1. The molecule has 0 unspecified atom stereocenters. The Labute approximate surface area is 188 Å². The van der Waals surface area contributed by atoms with Crippen LogP contribution in [0.15, 0.2) is 71.5 Å². The van der Waals surface area contributed by atoms with Gasteiger partial charge in [-0.25, -0.2) is 9.97 Å². The van der Waals surface area contributed by atoms with Crippen LogP contribution in [0.4, 0.5) is 5.82 Å². The zero-order valence-electron chi connectivity index (χ0n) is 16.7. The summed E-state index contributed by atoms with van der Waals surface area (Å²) in [6.07, 6.45) is 4.42. The molecule has 2 aromatic heterocycles. The van der Waals surface area contributed by atoms with E-state index in [1.807, 2.05) is 18.2 Å². The predicted molar refractivity (Wildman–Crippen MR) is 120 cm³/mol. The number of ether oxygens (including phenoxy) is 1. The Hall–Kier alpha value is -3.26. The van der Waals surface area contributed by atoms with Gasteiger partial charge in [-0.2, -0.15) is 0 Å². The third kappa shape index (κ3) is 5.27. The molecule has 1 aliphatic heterocycles. The van der Waals surface area contributed by atoms with Crippen LogP contribution in [0.5, 0.6) is 11.6 Å². The van der Waals surface area contributed by atoms with E-state index in [1.165, 1.54) is 0 Å². The number of halogens is 1. The van der Waals surface area contributed by atoms with Gasteiger partial charge in [0, 0.05) is 35.9 Å². The summed E-state index contributed by atoms with van der Waals surface area (Å²) >= 11 is 3.39. The molecule has 3 heterocycles. The molecule has 2 amide bonds. The Kier molecular flexibility index (Phi) is 6.57. The van der Waals surface area contributed by atoms with Gasteiger partial charge in [0.2, 0.25) is 11.8 Å². The maximum absolute atomic E-state index is 13.1. The number of hydrogen-bond acceptors (Lipinski definition) is 5. The zero-order valence-corrected chi connectivity index (χ0v) is 18.3. The highest BCUT2D eigenvalue weighted by Crippen LogP contribution is 2.27. The van der Waals surface area contributed by atoms with Crippen LogP contribution in [0.2, 0.25) is 0 Å². The second kappa shape index (κ2) is 9.70. The molecule has 1 fully saturated rings. The SMILES string of the molecule is O=C(Nc1ccccn1)C1CCN(C(=O)c2cccnc2Oc2ccc(Br)cc2)CC1. The maximum atomic E-state index is 13.1. The van der Waals surface area contributed by atoms with Crippen molar-refractivity contribution in [3.05, 3.63) is 77.0 Å². The average Bonchev–Trinajstić information content (AvgIpc) is 2.81. The molecule has 1 N–H and O–H groups in total. The number of benzene rings is 1. The predicted octanol–water partition coefficient (Wildman–Crippen LogP) is 4.52. The number of anilines is 1. The number of nitrogens with one attached hydrogen (secondary N) is 1. The van der Waals surface area contributed by atoms with E-state index in [0.717, 1.165) is 4.47 Å². The Morgan fingerprint density at radius 1 is 0.968 bits per heavy atom. The molecule has 0 radical (unpaired) electrons. The van der Waals surface area contributed by atoms with Crippen molar-refractivity contribution in [2.45, 2.75) is 12.8 Å². The Morgan fingerprint density at radius 3 is 2.42 bits per heavy atom. The average molecular weight is 481 g/mol. The molecule has 0 bridgehead atoms. The first-order valence-corrected chi connectivity index (χ1v) is 10.8. The fourth-order valence-corrected chi connectivity index (χ4v) is 3.69. The van der Waals surface area contributed by atoms with Crippen LogP contribution in [0.3, 0.4) is 0 Å². The van der Waals surface area contributed by atoms with Crippen LogP contribution in [0, 0.1) is 5.92 Å². The van der Waals surface area contributed by atoms with Crippen molar-refractivity contribution >= 4 is 33.6 Å². The van der Waals surface area contributed by atoms with Crippen LogP contribution in [0.25, 0.3) is 0 Å². The van der Waals surface area contributed by atoms with E-state index in [9.17, 15) is 9.59 Å². The van der Waals surface area contributed by atoms with Crippen LogP contribution < -0.4 is 10.1 Å². The molecule has 7 nitrogen and oxygen atoms in total. The summed E-state index contributed by atoms with van der Waals surface area (Å²) in [6.45, 7) is 0.984. The van der Waals surface area contributed by atoms with Gasteiger partial charge in [0.15, 0.2) is 0 Å². The standard InChI is InChI=1S/C23H21BrN4O3/c24-17-6-8-18(9-7-17)31-22-19(4-3-13-26-22)23(30)28-14-10-16(11-15-28)21(29)27-20-5-1-2-12-25-20/h1-9,12-13,16H,10-11,14-15H2,(H,25,27,29). The first kappa shape index (κ1) is 21.0. The summed E-state index contributed by atoms with van der Waals surface area (Å²) in [5.41, 5.74) is 0.404. The van der Waals surface area contributed by atoms with Crippen molar-refractivity contribution in [3.8, 4) is 11.6 Å². The van der Waals surface area contributed by atoms with E-state index < -0.39 is 0 Å². The lowest BCUT2D eigenvalue weighted by molar-refractivity contribution is -0.121. The minimum Gasteiger partial charge on any atom is -0.438 e. The molecular weight excluding hydrogens is 460 g/mol. The van der Waals surface area contributed by atoms with E-state index in [1.54, 1.807) is 53.7 Å². The smallest absolute Gasteiger partial charge is 0.259 e. The fourth-order valence-electron chi connectivity index (χ4n) is 3.43. The van der Waals surface area contributed by atoms with Crippen molar-refractivity contribution in [1.82, 2.24) is 14.9 Å². The van der Waals surface area contributed by atoms with Gasteiger partial charge >= 0.3 is 0 Å². The van der Waals surface area contributed by atoms with Gasteiger partial charge < -0.3 is 15.0 Å². The second-order valence-electron chi connectivity index (χ2n) is 7.18. The Morgan fingerprint density at radius 2 is 1.71 bits per heavy atom. The van der Waals surface area contributed by atoms with Gasteiger partial charge in [0.1, 0.15) is 17.1 Å². The summed E-state index contributed by atoms with van der Waals surface area (Å²) in [4.78, 5) is 35.7. The van der Waals surface area contributed by atoms with Crippen molar-refractivity contribution in [2.24, 2.45) is 5.92 Å². The third-order valence-electron chi connectivity index (χ3n) is 5.10. The van der Waals surface area contributed by atoms with Gasteiger partial charge in [-0.05, 0) is 61.4 Å². The lowest BCUT2D eigenvalue weighted by Crippen LogP contribution is -2.41. The van der Waals surface area contributed by atoms with Gasteiger partial charge in [-0.3, -0.25) is 9.59 Å². The van der Waals surface area contributed by atoms with Gasteiger partial charge in [-0.15, -0.1) is 0 Å². The minimum absolute atomic E-state index is 0.0635. The molecule has 0 saturated carbocycles. The Bertz CT molecular complexity index is 1050. The molecule has 1 aliphatic rings. The van der Waals surface area contributed by atoms with Crippen LogP contribution >= 0.6 is 15.9 Å². The first-order valence-electron chi connectivity index (χ1n) is 10.00. The molecule has 31 heavy (non-hydrogen) atoms. The molecule has 1 saturated heterocycles. The van der Waals surface area contributed by atoms with E-state index >= 15 is 0 Å². The van der Waals surface area contributed by atoms with E-state index in [2.05, 4.69) is 31.2 Å². The van der Waals surface area contributed by atoms with Crippen molar-refractivity contribution in [1.29, 1.82) is 0 Å². The van der Waals surface area contributed by atoms with Crippen molar-refractivity contribution in [2.75, 3.05) is 18.4 Å². The first-order chi connectivity index (χ1) is 15.1. The summed E-state index contributed by atoms with van der Waals surface area (Å²) in [7, 11) is 0. The van der Waals surface area contributed by atoms with E-state index in [-0.39, 0.29) is 23.6 Å². The summed E-state index contributed by atoms with van der Waals surface area (Å²) in [5, 5.41) is 2.84. The lowest BCUT2D eigenvalue weighted by atomic mass is 9.95. The molecule has 3 aromatic rings. The minimum atomic E-state index is -0.154. The molecule has 1 aromatic carbocycles. The molecular formula is C23H21BrN4O3. The second-order valence-corrected chi connectivity index (χ2v) is 8.10. The quantitative estimate of drug-likeness (QED) is 0.579. The topological polar surface area (TPSA) is 84.4 Å². The van der Waals surface area contributed by atoms with Crippen molar-refractivity contribution < 1.29 is 14.3 Å². The lowest BCUT2D eigenvalue weighted by Gasteiger charge is -2.31. The number of likely N-dealkylation sites (tertiary alicyclic amines) is 1. The monoisotopic (exact) mass is 480 g/mol. The van der Waals surface area contributed by atoms with Crippen molar-refractivity contribution in [3.63, 3.8) is 0 Å². The molecule has 0 spiro atoms. The normalized spacial score (nSPS) is 14.2. The molecule has 4 rings (SSSR count). The third-order valence-corrected chi connectivity index (χ3v) is 5.63. The largest absolute Gasteiger partial charge is 0.438 e. The van der Waals surface area contributed by atoms with Crippen LogP contribution in [0.1, 0.15) is 23.2 Å². The van der Waals surface area contributed by atoms with E-state index in [0.29, 0.717) is 43.1 Å². The highest BCUT2D eigenvalue weighted by Gasteiger charge is 2.29. The number of aromatic nitrogens is 2. The number of amides is 2. The van der Waals surface area contributed by atoms with Gasteiger partial charge in [0.05, 0.1) is 0 Å². The Balaban J connectivity index is 1.38. The number of rotatable bonds is 5. The van der Waals surface area contributed by atoms with E-state index in [4.69, 9.17) is 4.74 Å². The molecule has 158 valence electrons. The number of nitrogens with zero attached hydrogens (tertiary/aromatic N) is 3. The highest BCUT2D eigenvalue weighted by atomic mass is 79.9. The number of piperidine rings is 1. The number of carbonyl (C=O) groups is 2. The van der Waals surface area contributed by atoms with Crippen LogP contribution in [-0.2, 0) is 4.79 Å². The zero-order chi connectivity index (χ0) is 21.6. The maximum Gasteiger partial charge on any atom is 0.259 e. The number of hydrogen-bond donors (Lipinski definition) is 1. The fraction of sp³-hybridized carbons (Fsp3) is 0.217. The number of pyridine rings is 2. The van der Waals surface area contributed by atoms with Gasteiger partial charge in [-0.1, -0.05) is 22.0 Å². The molecule has 0 atom stereocenters. The van der Waals surface area contributed by atoms with Gasteiger partial charge in [0.25, 0.3) is 5.91 Å².